The van der Waals surface area contributed by atoms with Crippen LogP contribution in [-0.4, -0.2) is 64.0 Å². The summed E-state index contributed by atoms with van der Waals surface area (Å²) in [5.74, 6) is -1.47. The van der Waals surface area contributed by atoms with Crippen LogP contribution in [-0.2, 0) is 9.59 Å². The monoisotopic (exact) mass is 610 g/mol. The van der Waals surface area contributed by atoms with E-state index in [1.54, 1.807) is 17.2 Å². The first-order valence-corrected chi connectivity index (χ1v) is 15.8. The summed E-state index contributed by atoms with van der Waals surface area (Å²) in [5.41, 5.74) is 3.08. The number of amides is 2. The number of aliphatic imine (C=N–C) groups is 1. The molecule has 0 saturated heterocycles. The van der Waals surface area contributed by atoms with Crippen molar-refractivity contribution < 1.29 is 19.8 Å². The van der Waals surface area contributed by atoms with Crippen LogP contribution in [0.4, 0.5) is 0 Å². The average molecular weight is 611 g/mol. The van der Waals surface area contributed by atoms with Gasteiger partial charge in [-0.3, -0.25) is 14.6 Å². The van der Waals surface area contributed by atoms with E-state index >= 15 is 0 Å². The summed E-state index contributed by atoms with van der Waals surface area (Å²) >= 11 is 6.26. The molecule has 0 fully saturated rings. The maximum Gasteiger partial charge on any atom is 0.254 e. The van der Waals surface area contributed by atoms with Crippen LogP contribution < -0.4 is 5.32 Å². The highest BCUT2D eigenvalue weighted by atomic mass is 35.5. The predicted molar refractivity (Wildman–Crippen MR) is 173 cm³/mol. The van der Waals surface area contributed by atoms with Crippen molar-refractivity contribution in [2.24, 2.45) is 10.9 Å². The SMILES string of the molecule is CC.CCCCN(C(=O)C(O)C(O)C(=O)NCC1=NC=C(c2ccccc2C#N)CCC1)C(C)[C@@H]1/C=C\C/C=C(/Cl)CC1. The highest BCUT2D eigenvalue weighted by molar-refractivity contribution is 6.29. The maximum absolute atomic E-state index is 13.4. The van der Waals surface area contributed by atoms with Crippen molar-refractivity contribution in [2.75, 3.05) is 13.1 Å². The molecule has 3 N–H and O–H groups in total. The molecular formula is C34H47ClN4O4. The number of allylic oxidation sites excluding steroid dienone is 4. The number of aliphatic hydroxyl groups is 2. The van der Waals surface area contributed by atoms with Crippen molar-refractivity contribution >= 4 is 34.7 Å². The minimum absolute atomic E-state index is 0.0303. The second-order valence-corrected chi connectivity index (χ2v) is 11.1. The lowest BCUT2D eigenvalue weighted by molar-refractivity contribution is -0.155. The van der Waals surface area contributed by atoms with E-state index in [0.717, 1.165) is 54.7 Å². The molecule has 1 aliphatic carbocycles. The van der Waals surface area contributed by atoms with Gasteiger partial charge in [-0.05, 0) is 75.0 Å². The Kier molecular flexibility index (Phi) is 16.0. The summed E-state index contributed by atoms with van der Waals surface area (Å²) in [6, 6.07) is 9.33. The number of carbonyl (C=O) groups excluding carboxylic acids is 2. The largest absolute Gasteiger partial charge is 0.380 e. The van der Waals surface area contributed by atoms with E-state index in [1.807, 2.05) is 58.0 Å². The van der Waals surface area contributed by atoms with Gasteiger partial charge in [0.2, 0.25) is 0 Å². The molecule has 2 aliphatic rings. The van der Waals surface area contributed by atoms with Gasteiger partial charge < -0.3 is 20.4 Å². The fourth-order valence-corrected chi connectivity index (χ4v) is 5.35. The van der Waals surface area contributed by atoms with Gasteiger partial charge >= 0.3 is 0 Å². The maximum atomic E-state index is 13.4. The lowest BCUT2D eigenvalue weighted by Crippen LogP contribution is -2.54. The second kappa shape index (κ2) is 19.1. The Morgan fingerprint density at radius 2 is 1.93 bits per heavy atom. The number of hydrogen-bond acceptors (Lipinski definition) is 6. The van der Waals surface area contributed by atoms with E-state index in [1.165, 1.54) is 0 Å². The van der Waals surface area contributed by atoms with E-state index in [4.69, 9.17) is 11.6 Å². The Morgan fingerprint density at radius 3 is 2.65 bits per heavy atom. The minimum Gasteiger partial charge on any atom is -0.380 e. The van der Waals surface area contributed by atoms with Gasteiger partial charge in [-0.15, -0.1) is 0 Å². The Bertz CT molecular complexity index is 1230. The van der Waals surface area contributed by atoms with Gasteiger partial charge in [0.25, 0.3) is 11.8 Å². The van der Waals surface area contributed by atoms with Crippen LogP contribution in [0.1, 0.15) is 90.2 Å². The van der Waals surface area contributed by atoms with E-state index in [0.29, 0.717) is 30.7 Å². The molecule has 0 radical (unpaired) electrons. The highest BCUT2D eigenvalue weighted by Gasteiger charge is 2.36. The van der Waals surface area contributed by atoms with Gasteiger partial charge in [0.15, 0.2) is 12.2 Å². The fraction of sp³-hybridized carbons (Fsp3) is 0.529. The van der Waals surface area contributed by atoms with Gasteiger partial charge in [-0.2, -0.15) is 5.26 Å². The van der Waals surface area contributed by atoms with Crippen LogP contribution >= 0.6 is 11.6 Å². The molecule has 1 aromatic rings. The first-order valence-electron chi connectivity index (χ1n) is 15.5. The molecule has 1 aromatic carbocycles. The fourth-order valence-electron chi connectivity index (χ4n) is 5.15. The molecule has 9 heteroatoms. The standard InChI is InChI=1S/C32H41ClN4O4.C2H6/c1-3-4-18-37(22(2)23-10-5-7-13-26(33)17-16-23)32(41)30(39)29(38)31(40)36-21-27-14-9-12-25(20-35-27)28-15-8-6-11-24(28)19-34;1-2/h5-6,8,10-11,13,15,20,22-23,29-30,38-39H,3-4,7,9,12,14,16-18,21H2,1-2H3,(H,36,40);1-2H3/b10-5-,26-13+;/t22?,23-,29?,30?;/m1./s1. The molecule has 0 bridgehead atoms. The molecule has 1 aliphatic heterocycles. The lowest BCUT2D eigenvalue weighted by Gasteiger charge is -2.36. The third-order valence-corrected chi connectivity index (χ3v) is 8.06. The normalized spacial score (nSPS) is 20.8. The zero-order valence-electron chi connectivity index (χ0n) is 25.9. The van der Waals surface area contributed by atoms with Crippen molar-refractivity contribution in [2.45, 2.75) is 97.3 Å². The first-order chi connectivity index (χ1) is 20.8. The predicted octanol–water partition coefficient (Wildman–Crippen LogP) is 5.88. The Morgan fingerprint density at radius 1 is 1.19 bits per heavy atom. The Balaban J connectivity index is 0.00000316. The van der Waals surface area contributed by atoms with Crippen LogP contribution in [0.5, 0.6) is 0 Å². The zero-order valence-corrected chi connectivity index (χ0v) is 26.7. The number of carbonyl (C=O) groups is 2. The molecular weight excluding hydrogens is 564 g/mol. The topological polar surface area (TPSA) is 126 Å². The third-order valence-electron chi connectivity index (χ3n) is 7.72. The van der Waals surface area contributed by atoms with E-state index in [-0.39, 0.29) is 18.5 Å². The molecule has 0 saturated carbocycles. The Hall–Kier alpha value is -3.25. The Labute approximate surface area is 261 Å². The van der Waals surface area contributed by atoms with Crippen LogP contribution in [0.3, 0.4) is 0 Å². The number of nitriles is 1. The molecule has 2 amide bonds. The average Bonchev–Trinajstić information content (AvgIpc) is 3.27. The number of halogens is 1. The number of benzene rings is 1. The van der Waals surface area contributed by atoms with Gasteiger partial charge in [0, 0.05) is 29.5 Å². The number of hydrogen-bond donors (Lipinski definition) is 3. The summed E-state index contributed by atoms with van der Waals surface area (Å²) in [4.78, 5) is 32.3. The minimum atomic E-state index is -1.91. The van der Waals surface area contributed by atoms with Crippen molar-refractivity contribution in [1.29, 1.82) is 5.26 Å². The summed E-state index contributed by atoms with van der Waals surface area (Å²) in [6.07, 6.45) is 9.92. The van der Waals surface area contributed by atoms with Gasteiger partial charge in [0.1, 0.15) is 0 Å². The second-order valence-electron chi connectivity index (χ2n) is 10.6. The van der Waals surface area contributed by atoms with Crippen molar-refractivity contribution in [1.82, 2.24) is 10.2 Å². The number of nitrogens with one attached hydrogen (secondary N) is 1. The third kappa shape index (κ3) is 10.8. The quantitative estimate of drug-likeness (QED) is 0.270. The van der Waals surface area contributed by atoms with Crippen LogP contribution in [0.15, 0.2) is 58.7 Å². The lowest BCUT2D eigenvalue weighted by atomic mass is 9.91. The zero-order chi connectivity index (χ0) is 31.8. The highest BCUT2D eigenvalue weighted by Crippen LogP contribution is 2.27. The first kappa shape index (κ1) is 35.9. The summed E-state index contributed by atoms with van der Waals surface area (Å²) < 4.78 is 0. The van der Waals surface area contributed by atoms with Crippen LogP contribution in [0.25, 0.3) is 5.57 Å². The van der Waals surface area contributed by atoms with Gasteiger partial charge in [-0.1, -0.05) is 75.2 Å². The summed E-state index contributed by atoms with van der Waals surface area (Å²) in [7, 11) is 0. The van der Waals surface area contributed by atoms with Crippen LogP contribution in [0.2, 0.25) is 0 Å². The molecule has 3 rings (SSSR count). The number of aliphatic hydroxyl groups excluding tert-OH is 2. The van der Waals surface area contributed by atoms with E-state index in [2.05, 4.69) is 22.5 Å². The van der Waals surface area contributed by atoms with Crippen molar-refractivity contribution in [3.05, 3.63) is 64.9 Å². The molecule has 43 heavy (non-hydrogen) atoms. The number of rotatable bonds is 11. The summed E-state index contributed by atoms with van der Waals surface area (Å²) in [6.45, 7) is 8.44. The molecule has 0 aromatic heterocycles. The van der Waals surface area contributed by atoms with Gasteiger partial charge in [-0.25, -0.2) is 0 Å². The molecule has 234 valence electrons. The smallest absolute Gasteiger partial charge is 0.254 e. The molecule has 0 spiro atoms. The number of unbranched alkanes of at least 4 members (excludes halogenated alkanes) is 1. The van der Waals surface area contributed by atoms with Crippen molar-refractivity contribution in [3.8, 4) is 6.07 Å². The molecule has 1 heterocycles. The van der Waals surface area contributed by atoms with E-state index < -0.39 is 24.0 Å². The van der Waals surface area contributed by atoms with E-state index in [9.17, 15) is 25.1 Å². The van der Waals surface area contributed by atoms with Crippen molar-refractivity contribution in [3.63, 3.8) is 0 Å². The molecule has 3 unspecified atom stereocenters. The molecule has 4 atom stereocenters. The summed E-state index contributed by atoms with van der Waals surface area (Å²) in [5, 5.41) is 34.3. The number of nitrogens with zero attached hydrogens (tertiary/aromatic N) is 3. The van der Waals surface area contributed by atoms with Gasteiger partial charge in [0.05, 0.1) is 18.2 Å². The van der Waals surface area contributed by atoms with Crippen LogP contribution in [0, 0.1) is 17.2 Å². The molecule has 8 nitrogen and oxygen atoms in total.